The SMILES string of the molecule is CC1CCN(Cc2ccc([N+](=O)[O-])c(F)c2)CC1. The Morgan fingerprint density at radius 2 is 2.11 bits per heavy atom. The van der Waals surface area contributed by atoms with E-state index in [0.29, 0.717) is 6.54 Å². The molecule has 0 atom stereocenters. The summed E-state index contributed by atoms with van der Waals surface area (Å²) < 4.78 is 13.5. The monoisotopic (exact) mass is 252 g/mol. The van der Waals surface area contributed by atoms with Gasteiger partial charge < -0.3 is 0 Å². The van der Waals surface area contributed by atoms with Gasteiger partial charge in [-0.3, -0.25) is 15.0 Å². The van der Waals surface area contributed by atoms with Gasteiger partial charge in [0.15, 0.2) is 0 Å². The Balaban J connectivity index is 2.02. The van der Waals surface area contributed by atoms with Crippen molar-refractivity contribution >= 4 is 5.69 Å². The smallest absolute Gasteiger partial charge is 0.299 e. The fourth-order valence-corrected chi connectivity index (χ4v) is 2.28. The van der Waals surface area contributed by atoms with Crippen LogP contribution in [-0.2, 0) is 6.54 Å². The molecule has 1 aliphatic rings. The molecule has 0 saturated carbocycles. The normalized spacial score (nSPS) is 17.9. The second kappa shape index (κ2) is 5.44. The van der Waals surface area contributed by atoms with Crippen LogP contribution in [0.4, 0.5) is 10.1 Å². The Kier molecular flexibility index (Phi) is 3.91. The molecular weight excluding hydrogens is 235 g/mol. The average Bonchev–Trinajstić information content (AvgIpc) is 2.32. The molecule has 18 heavy (non-hydrogen) atoms. The summed E-state index contributed by atoms with van der Waals surface area (Å²) in [5, 5.41) is 10.5. The summed E-state index contributed by atoms with van der Waals surface area (Å²) in [6.07, 6.45) is 2.32. The molecule has 0 aromatic heterocycles. The second-order valence-corrected chi connectivity index (χ2v) is 5.00. The molecule has 98 valence electrons. The lowest BCUT2D eigenvalue weighted by Gasteiger charge is -2.30. The van der Waals surface area contributed by atoms with Crippen LogP contribution in [0.2, 0.25) is 0 Å². The first-order valence-electron chi connectivity index (χ1n) is 6.21. The molecule has 1 fully saturated rings. The van der Waals surface area contributed by atoms with Gasteiger partial charge in [-0.1, -0.05) is 13.0 Å². The van der Waals surface area contributed by atoms with Crippen molar-refractivity contribution in [2.75, 3.05) is 13.1 Å². The maximum Gasteiger partial charge on any atom is 0.304 e. The van der Waals surface area contributed by atoms with Gasteiger partial charge in [0, 0.05) is 12.6 Å². The molecule has 1 saturated heterocycles. The number of nitro groups is 1. The highest BCUT2D eigenvalue weighted by molar-refractivity contribution is 5.34. The number of rotatable bonds is 3. The molecule has 0 N–H and O–H groups in total. The molecule has 1 aromatic rings. The van der Waals surface area contributed by atoms with Crippen molar-refractivity contribution in [2.24, 2.45) is 5.92 Å². The van der Waals surface area contributed by atoms with Crippen molar-refractivity contribution < 1.29 is 9.31 Å². The van der Waals surface area contributed by atoms with E-state index in [1.807, 2.05) is 0 Å². The van der Waals surface area contributed by atoms with E-state index in [1.165, 1.54) is 12.1 Å². The third-order valence-electron chi connectivity index (χ3n) is 3.49. The maximum atomic E-state index is 13.5. The van der Waals surface area contributed by atoms with Gasteiger partial charge in [-0.15, -0.1) is 0 Å². The minimum Gasteiger partial charge on any atom is -0.299 e. The standard InChI is InChI=1S/C13H17FN2O2/c1-10-4-6-15(7-5-10)9-11-2-3-13(16(17)18)12(14)8-11/h2-3,8,10H,4-7,9H2,1H3. The summed E-state index contributed by atoms with van der Waals surface area (Å²) in [4.78, 5) is 12.1. The third-order valence-corrected chi connectivity index (χ3v) is 3.49. The number of hydrogen-bond acceptors (Lipinski definition) is 3. The van der Waals surface area contributed by atoms with E-state index >= 15 is 0 Å². The van der Waals surface area contributed by atoms with E-state index in [4.69, 9.17) is 0 Å². The lowest BCUT2D eigenvalue weighted by atomic mass is 9.99. The molecule has 0 bridgehead atoms. The largest absolute Gasteiger partial charge is 0.304 e. The lowest BCUT2D eigenvalue weighted by molar-refractivity contribution is -0.387. The summed E-state index contributed by atoms with van der Waals surface area (Å²) in [7, 11) is 0. The first kappa shape index (κ1) is 13.0. The Hall–Kier alpha value is -1.49. The van der Waals surface area contributed by atoms with Crippen LogP contribution in [-0.4, -0.2) is 22.9 Å². The first-order chi connectivity index (χ1) is 8.56. The maximum absolute atomic E-state index is 13.5. The highest BCUT2D eigenvalue weighted by atomic mass is 19.1. The summed E-state index contributed by atoms with van der Waals surface area (Å²) in [6.45, 7) is 4.93. The first-order valence-corrected chi connectivity index (χ1v) is 6.21. The summed E-state index contributed by atoms with van der Waals surface area (Å²) >= 11 is 0. The Morgan fingerprint density at radius 1 is 1.44 bits per heavy atom. The number of nitro benzene ring substituents is 1. The predicted octanol–water partition coefficient (Wildman–Crippen LogP) is 2.97. The van der Waals surface area contributed by atoms with Gasteiger partial charge in [0.25, 0.3) is 0 Å². The highest BCUT2D eigenvalue weighted by Crippen LogP contribution is 2.21. The van der Waals surface area contributed by atoms with Gasteiger partial charge >= 0.3 is 5.69 Å². The number of piperidine rings is 1. The molecule has 1 aliphatic heterocycles. The van der Waals surface area contributed by atoms with E-state index in [1.54, 1.807) is 6.07 Å². The number of hydrogen-bond donors (Lipinski definition) is 0. The molecule has 5 heteroatoms. The lowest BCUT2D eigenvalue weighted by Crippen LogP contribution is -2.32. The molecule has 0 spiro atoms. The number of likely N-dealkylation sites (tertiary alicyclic amines) is 1. The van der Waals surface area contributed by atoms with Crippen molar-refractivity contribution in [1.29, 1.82) is 0 Å². The molecule has 0 radical (unpaired) electrons. The third kappa shape index (κ3) is 3.04. The molecule has 2 rings (SSSR count). The van der Waals surface area contributed by atoms with Crippen molar-refractivity contribution in [2.45, 2.75) is 26.3 Å². The van der Waals surface area contributed by atoms with Crippen molar-refractivity contribution in [3.8, 4) is 0 Å². The van der Waals surface area contributed by atoms with Gasteiger partial charge in [-0.05, 0) is 43.5 Å². The van der Waals surface area contributed by atoms with Crippen molar-refractivity contribution in [3.63, 3.8) is 0 Å². The van der Waals surface area contributed by atoms with Crippen LogP contribution in [0.25, 0.3) is 0 Å². The summed E-state index contributed by atoms with van der Waals surface area (Å²) in [5.41, 5.74) is 0.346. The number of benzene rings is 1. The highest BCUT2D eigenvalue weighted by Gasteiger charge is 2.18. The fourth-order valence-electron chi connectivity index (χ4n) is 2.28. The summed E-state index contributed by atoms with van der Waals surface area (Å²) in [5.74, 6) is 0.0118. The summed E-state index contributed by atoms with van der Waals surface area (Å²) in [6, 6.07) is 4.16. The van der Waals surface area contributed by atoms with Crippen molar-refractivity contribution in [3.05, 3.63) is 39.7 Å². The van der Waals surface area contributed by atoms with E-state index < -0.39 is 16.4 Å². The minimum atomic E-state index is -0.747. The van der Waals surface area contributed by atoms with Gasteiger partial charge in [0.2, 0.25) is 5.82 Å². The number of halogens is 1. The predicted molar refractivity (Wildman–Crippen MR) is 66.7 cm³/mol. The Labute approximate surface area is 106 Å². The van der Waals surface area contributed by atoms with Crippen LogP contribution >= 0.6 is 0 Å². The van der Waals surface area contributed by atoms with E-state index in [9.17, 15) is 14.5 Å². The van der Waals surface area contributed by atoms with E-state index in [0.717, 1.165) is 37.4 Å². The van der Waals surface area contributed by atoms with Gasteiger partial charge in [0.1, 0.15) is 0 Å². The molecule has 1 heterocycles. The van der Waals surface area contributed by atoms with Crippen LogP contribution in [0, 0.1) is 21.8 Å². The van der Waals surface area contributed by atoms with Gasteiger partial charge in [-0.2, -0.15) is 4.39 Å². The molecule has 0 unspecified atom stereocenters. The molecule has 1 aromatic carbocycles. The van der Waals surface area contributed by atoms with Gasteiger partial charge in [-0.25, -0.2) is 0 Å². The van der Waals surface area contributed by atoms with Crippen LogP contribution in [0.15, 0.2) is 18.2 Å². The fraction of sp³-hybridized carbons (Fsp3) is 0.538. The Bertz CT molecular complexity index is 443. The van der Waals surface area contributed by atoms with E-state index in [2.05, 4.69) is 11.8 Å². The van der Waals surface area contributed by atoms with Crippen LogP contribution in [0.3, 0.4) is 0 Å². The zero-order valence-electron chi connectivity index (χ0n) is 10.4. The molecule has 0 amide bonds. The van der Waals surface area contributed by atoms with Gasteiger partial charge in [0.05, 0.1) is 4.92 Å². The molecular formula is C13H17FN2O2. The molecule has 0 aliphatic carbocycles. The topological polar surface area (TPSA) is 46.4 Å². The van der Waals surface area contributed by atoms with Crippen LogP contribution < -0.4 is 0 Å². The van der Waals surface area contributed by atoms with Crippen LogP contribution in [0.5, 0.6) is 0 Å². The van der Waals surface area contributed by atoms with Crippen molar-refractivity contribution in [1.82, 2.24) is 4.90 Å². The quantitative estimate of drug-likeness (QED) is 0.613. The number of nitrogens with zero attached hydrogens (tertiary/aromatic N) is 2. The molecule has 4 nitrogen and oxygen atoms in total. The average molecular weight is 252 g/mol. The Morgan fingerprint density at radius 3 is 2.67 bits per heavy atom. The second-order valence-electron chi connectivity index (χ2n) is 5.00. The van der Waals surface area contributed by atoms with Crippen LogP contribution in [0.1, 0.15) is 25.3 Å². The van der Waals surface area contributed by atoms with E-state index in [-0.39, 0.29) is 0 Å². The zero-order valence-corrected chi connectivity index (χ0v) is 10.4. The minimum absolute atomic E-state index is 0.453. The zero-order chi connectivity index (χ0) is 13.1.